The van der Waals surface area contributed by atoms with Crippen LogP contribution in [0.15, 0.2) is 24.3 Å². The Labute approximate surface area is 134 Å². The molecule has 0 saturated carbocycles. The van der Waals surface area contributed by atoms with Crippen LogP contribution >= 0.6 is 0 Å². The second-order valence-corrected chi connectivity index (χ2v) is 5.77. The van der Waals surface area contributed by atoms with Gasteiger partial charge in [-0.2, -0.15) is 0 Å². The third kappa shape index (κ3) is 3.73. The van der Waals surface area contributed by atoms with Crippen LogP contribution in [0.4, 0.5) is 4.79 Å². The van der Waals surface area contributed by atoms with Crippen molar-refractivity contribution < 1.29 is 24.2 Å². The highest BCUT2D eigenvalue weighted by Crippen LogP contribution is 2.19. The molecule has 0 aliphatic carbocycles. The molecule has 0 spiro atoms. The number of carbonyl (C=O) groups excluding carboxylic acids is 2. The van der Waals surface area contributed by atoms with Gasteiger partial charge in [0, 0.05) is 13.2 Å². The molecule has 2 N–H and O–H groups in total. The number of carbonyl (C=O) groups is 2. The van der Waals surface area contributed by atoms with Gasteiger partial charge in [-0.05, 0) is 30.5 Å². The van der Waals surface area contributed by atoms with Crippen molar-refractivity contribution in [2.45, 2.75) is 31.5 Å². The first-order valence-electron chi connectivity index (χ1n) is 7.74. The fourth-order valence-electron chi connectivity index (χ4n) is 2.78. The molecule has 2 fully saturated rings. The summed E-state index contributed by atoms with van der Waals surface area (Å²) in [6.45, 7) is 1.50. The van der Waals surface area contributed by atoms with Crippen LogP contribution in [-0.4, -0.2) is 53.9 Å². The van der Waals surface area contributed by atoms with Gasteiger partial charge in [-0.1, -0.05) is 12.1 Å². The van der Waals surface area contributed by atoms with Crippen molar-refractivity contribution in [3.05, 3.63) is 29.8 Å². The summed E-state index contributed by atoms with van der Waals surface area (Å²) in [4.78, 5) is 25.6. The third-order valence-corrected chi connectivity index (χ3v) is 4.10. The molecule has 2 aliphatic heterocycles. The number of nitrogens with one attached hydrogen (secondary N) is 1. The molecule has 2 aliphatic rings. The Hall–Kier alpha value is -2.28. The zero-order valence-electron chi connectivity index (χ0n) is 12.7. The molecule has 2 amide bonds. The van der Waals surface area contributed by atoms with Gasteiger partial charge in [0.1, 0.15) is 18.4 Å². The summed E-state index contributed by atoms with van der Waals surface area (Å²) in [7, 11) is 0. The first kappa shape index (κ1) is 15.6. The number of benzene rings is 1. The van der Waals surface area contributed by atoms with Gasteiger partial charge in [0.2, 0.25) is 5.91 Å². The summed E-state index contributed by atoms with van der Waals surface area (Å²) in [6.07, 6.45) is 1.51. The van der Waals surface area contributed by atoms with Crippen molar-refractivity contribution in [1.82, 2.24) is 10.2 Å². The zero-order valence-corrected chi connectivity index (χ0v) is 12.7. The Kier molecular flexibility index (Phi) is 4.66. The lowest BCUT2D eigenvalue weighted by Crippen LogP contribution is -2.47. The number of nitrogens with zero attached hydrogens (tertiary/aromatic N) is 1. The van der Waals surface area contributed by atoms with Crippen LogP contribution in [0.1, 0.15) is 18.4 Å². The van der Waals surface area contributed by atoms with E-state index in [0.29, 0.717) is 6.54 Å². The smallest absolute Gasteiger partial charge is 0.410 e. The molecule has 2 heterocycles. The van der Waals surface area contributed by atoms with Crippen molar-refractivity contribution in [3.63, 3.8) is 0 Å². The highest BCUT2D eigenvalue weighted by Gasteiger charge is 2.38. The lowest BCUT2D eigenvalue weighted by atomic mass is 10.1. The highest BCUT2D eigenvalue weighted by atomic mass is 16.6. The Bertz CT molecular complexity index is 568. The maximum atomic E-state index is 12.3. The minimum absolute atomic E-state index is 0.0499. The fourth-order valence-corrected chi connectivity index (χ4v) is 2.78. The lowest BCUT2D eigenvalue weighted by molar-refractivity contribution is -0.125. The number of amides is 2. The molecule has 0 aromatic heterocycles. The molecule has 3 rings (SSSR count). The molecule has 1 aromatic carbocycles. The average molecular weight is 320 g/mol. The van der Waals surface area contributed by atoms with Gasteiger partial charge in [0.05, 0.1) is 12.6 Å². The SMILES string of the molecule is O=C(NCC1CCCO1)[C@@H]1COC(=O)N1Cc1ccc(O)cc1. The van der Waals surface area contributed by atoms with Gasteiger partial charge >= 0.3 is 6.09 Å². The van der Waals surface area contributed by atoms with E-state index in [4.69, 9.17) is 9.47 Å². The van der Waals surface area contributed by atoms with E-state index in [1.807, 2.05) is 0 Å². The van der Waals surface area contributed by atoms with Crippen molar-refractivity contribution >= 4 is 12.0 Å². The second-order valence-electron chi connectivity index (χ2n) is 5.77. The van der Waals surface area contributed by atoms with Crippen molar-refractivity contribution in [3.8, 4) is 5.75 Å². The van der Waals surface area contributed by atoms with Gasteiger partial charge in [-0.15, -0.1) is 0 Å². The van der Waals surface area contributed by atoms with E-state index in [1.165, 1.54) is 4.90 Å². The Morgan fingerprint density at radius 3 is 2.83 bits per heavy atom. The number of phenols is 1. The molecule has 2 atom stereocenters. The normalized spacial score (nSPS) is 23.8. The van der Waals surface area contributed by atoms with Crippen LogP contribution in [0.25, 0.3) is 0 Å². The Morgan fingerprint density at radius 2 is 2.13 bits per heavy atom. The topological polar surface area (TPSA) is 88.1 Å². The van der Waals surface area contributed by atoms with Gasteiger partial charge in [0.25, 0.3) is 0 Å². The number of hydrogen-bond donors (Lipinski definition) is 2. The molecular weight excluding hydrogens is 300 g/mol. The predicted octanol–water partition coefficient (Wildman–Crippen LogP) is 1.01. The molecule has 0 bridgehead atoms. The van der Waals surface area contributed by atoms with Gasteiger partial charge in [-0.25, -0.2) is 4.79 Å². The van der Waals surface area contributed by atoms with E-state index < -0.39 is 12.1 Å². The summed E-state index contributed by atoms with van der Waals surface area (Å²) in [5.41, 5.74) is 0.818. The van der Waals surface area contributed by atoms with Gasteiger partial charge in [0.15, 0.2) is 0 Å². The predicted molar refractivity (Wildman–Crippen MR) is 80.8 cm³/mol. The first-order valence-corrected chi connectivity index (χ1v) is 7.74. The molecule has 7 nitrogen and oxygen atoms in total. The summed E-state index contributed by atoms with van der Waals surface area (Å²) >= 11 is 0. The minimum atomic E-state index is -0.641. The number of rotatable bonds is 5. The maximum Gasteiger partial charge on any atom is 0.410 e. The van der Waals surface area contributed by atoms with Crippen molar-refractivity contribution in [1.29, 1.82) is 0 Å². The fraction of sp³-hybridized carbons (Fsp3) is 0.500. The van der Waals surface area contributed by atoms with E-state index in [1.54, 1.807) is 24.3 Å². The van der Waals surface area contributed by atoms with E-state index in [9.17, 15) is 14.7 Å². The van der Waals surface area contributed by atoms with Crippen LogP contribution in [-0.2, 0) is 20.8 Å². The Balaban J connectivity index is 1.59. The van der Waals surface area contributed by atoms with Crippen LogP contribution in [0.5, 0.6) is 5.75 Å². The molecule has 7 heteroatoms. The summed E-state index contributed by atoms with van der Waals surface area (Å²) in [5, 5.41) is 12.1. The Morgan fingerprint density at radius 1 is 1.35 bits per heavy atom. The van der Waals surface area contributed by atoms with Crippen LogP contribution in [0, 0.1) is 0 Å². The van der Waals surface area contributed by atoms with E-state index in [2.05, 4.69) is 5.32 Å². The van der Waals surface area contributed by atoms with E-state index in [-0.39, 0.29) is 30.9 Å². The quantitative estimate of drug-likeness (QED) is 0.845. The average Bonchev–Trinajstić information content (AvgIpc) is 3.18. The molecule has 0 radical (unpaired) electrons. The van der Waals surface area contributed by atoms with E-state index >= 15 is 0 Å². The molecular formula is C16H20N2O5. The minimum Gasteiger partial charge on any atom is -0.508 e. The second kappa shape index (κ2) is 6.87. The molecule has 1 aromatic rings. The van der Waals surface area contributed by atoms with Gasteiger partial charge < -0.3 is 19.9 Å². The van der Waals surface area contributed by atoms with Gasteiger partial charge in [-0.3, -0.25) is 9.69 Å². The number of hydrogen-bond acceptors (Lipinski definition) is 5. The molecule has 124 valence electrons. The highest BCUT2D eigenvalue weighted by molar-refractivity contribution is 5.87. The monoisotopic (exact) mass is 320 g/mol. The van der Waals surface area contributed by atoms with Crippen molar-refractivity contribution in [2.24, 2.45) is 0 Å². The number of aromatic hydroxyl groups is 1. The largest absolute Gasteiger partial charge is 0.508 e. The van der Waals surface area contributed by atoms with E-state index in [0.717, 1.165) is 25.0 Å². The van der Waals surface area contributed by atoms with Crippen LogP contribution < -0.4 is 5.32 Å². The molecule has 2 saturated heterocycles. The maximum absolute atomic E-state index is 12.3. The summed E-state index contributed by atoms with van der Waals surface area (Å²) in [5.74, 6) is -0.0752. The summed E-state index contributed by atoms with van der Waals surface area (Å²) < 4.78 is 10.5. The molecule has 1 unspecified atom stereocenters. The van der Waals surface area contributed by atoms with Crippen LogP contribution in [0.2, 0.25) is 0 Å². The number of phenolic OH excluding ortho intramolecular Hbond substituents is 1. The third-order valence-electron chi connectivity index (χ3n) is 4.10. The van der Waals surface area contributed by atoms with Crippen molar-refractivity contribution in [2.75, 3.05) is 19.8 Å². The lowest BCUT2D eigenvalue weighted by Gasteiger charge is -2.21. The number of cyclic esters (lactones) is 1. The van der Waals surface area contributed by atoms with Crippen LogP contribution in [0.3, 0.4) is 0 Å². The standard InChI is InChI=1S/C16H20N2O5/c19-12-5-3-11(4-6-12)9-18-14(10-23-16(18)21)15(20)17-8-13-2-1-7-22-13/h3-6,13-14,19H,1-2,7-10H2,(H,17,20)/t13?,14-/m0/s1. The summed E-state index contributed by atoms with van der Waals surface area (Å²) in [6, 6.07) is 5.87. The molecule has 23 heavy (non-hydrogen) atoms. The number of ether oxygens (including phenoxy) is 2. The first-order chi connectivity index (χ1) is 11.1. The zero-order chi connectivity index (χ0) is 16.2.